The number of hydrogen-bond acceptors (Lipinski definition) is 12. The fraction of sp³-hybridized carbons (Fsp3) is 0.467. The molecule has 0 aliphatic heterocycles. The third-order valence-corrected chi connectivity index (χ3v) is 6.03. The van der Waals surface area contributed by atoms with Crippen molar-refractivity contribution in [2.24, 2.45) is 0 Å². The van der Waals surface area contributed by atoms with E-state index in [0.29, 0.717) is 24.7 Å². The van der Waals surface area contributed by atoms with Gasteiger partial charge in [-0.2, -0.15) is 0 Å². The van der Waals surface area contributed by atoms with Crippen LogP contribution in [0.5, 0.6) is 0 Å². The Labute approximate surface area is 244 Å². The zero-order valence-corrected chi connectivity index (χ0v) is 24.3. The lowest BCUT2D eigenvalue weighted by Gasteiger charge is -2.07. The summed E-state index contributed by atoms with van der Waals surface area (Å²) >= 11 is 0. The monoisotopic (exact) mass is 590 g/mol. The second-order valence-corrected chi connectivity index (χ2v) is 9.92. The lowest BCUT2D eigenvalue weighted by Crippen LogP contribution is -2.13. The molecule has 0 radical (unpaired) electrons. The van der Waals surface area contributed by atoms with E-state index in [-0.39, 0.29) is 24.3 Å². The number of carbonyl (C=O) groups is 4. The molecule has 0 saturated carbocycles. The van der Waals surface area contributed by atoms with Gasteiger partial charge in [0.2, 0.25) is 0 Å². The Morgan fingerprint density at radius 2 is 0.833 bits per heavy atom. The van der Waals surface area contributed by atoms with E-state index in [1.54, 1.807) is 48.5 Å². The third kappa shape index (κ3) is 13.5. The summed E-state index contributed by atoms with van der Waals surface area (Å²) in [5.74, 6) is -0.968. The normalized spacial score (nSPS) is 10.7. The molecule has 12 heteroatoms. The van der Waals surface area contributed by atoms with Crippen molar-refractivity contribution in [3.63, 3.8) is 0 Å². The van der Waals surface area contributed by atoms with Gasteiger partial charge in [0.1, 0.15) is 0 Å². The molecule has 0 atom stereocenters. The van der Waals surface area contributed by atoms with Gasteiger partial charge < -0.3 is 9.47 Å². The molecule has 2 rings (SSSR count). The Hall–Kier alpha value is -4.16. The summed E-state index contributed by atoms with van der Waals surface area (Å²) in [6.45, 7) is 8.35. The lowest BCUT2D eigenvalue weighted by atomic mass is 10.0. The molecule has 0 saturated heterocycles. The molecular formula is C30H38O12. The Kier molecular flexibility index (Phi) is 15.4. The van der Waals surface area contributed by atoms with Gasteiger partial charge in [0, 0.05) is 0 Å². The van der Waals surface area contributed by atoms with E-state index in [4.69, 9.17) is 9.47 Å². The minimum Gasteiger partial charge on any atom is -0.432 e. The van der Waals surface area contributed by atoms with Gasteiger partial charge in [-0.1, -0.05) is 77.6 Å². The van der Waals surface area contributed by atoms with Crippen molar-refractivity contribution in [1.82, 2.24) is 0 Å². The van der Waals surface area contributed by atoms with Gasteiger partial charge in [0.05, 0.1) is 34.4 Å². The first-order valence-electron chi connectivity index (χ1n) is 13.8. The predicted molar refractivity (Wildman–Crippen MR) is 147 cm³/mol. The van der Waals surface area contributed by atoms with Crippen LogP contribution in [0.2, 0.25) is 0 Å². The van der Waals surface area contributed by atoms with Crippen LogP contribution in [0.4, 0.5) is 9.59 Å². The van der Waals surface area contributed by atoms with E-state index in [0.717, 1.165) is 36.8 Å². The van der Waals surface area contributed by atoms with Gasteiger partial charge in [0.25, 0.3) is 0 Å². The van der Waals surface area contributed by atoms with Crippen LogP contribution in [0.3, 0.4) is 0 Å². The molecule has 12 nitrogen and oxygen atoms in total. The molecule has 0 N–H and O–H groups in total. The van der Waals surface area contributed by atoms with Crippen LogP contribution in [0, 0.1) is 0 Å². The first-order valence-corrected chi connectivity index (χ1v) is 13.8. The quantitative estimate of drug-likeness (QED) is 0.0790. The van der Waals surface area contributed by atoms with Crippen LogP contribution in [0.15, 0.2) is 48.5 Å². The first kappa shape index (κ1) is 34.0. The SMILES string of the molecule is CC(C)c1ccc(C(=O)OOOC(=O)OCCCCCCCCOC(=O)OOOC(=O)c2ccc(C(C)C)cc2)cc1. The summed E-state index contributed by atoms with van der Waals surface area (Å²) in [7, 11) is 0. The van der Waals surface area contributed by atoms with Gasteiger partial charge in [-0.15, -0.1) is 0 Å². The second-order valence-electron chi connectivity index (χ2n) is 9.92. The highest BCUT2D eigenvalue weighted by molar-refractivity contribution is 5.89. The van der Waals surface area contributed by atoms with Crippen molar-refractivity contribution >= 4 is 24.2 Å². The molecular weight excluding hydrogens is 552 g/mol. The predicted octanol–water partition coefficient (Wildman–Crippen LogP) is 7.29. The highest BCUT2D eigenvalue weighted by atomic mass is 17.5. The Bertz CT molecular complexity index is 1020. The van der Waals surface area contributed by atoms with Crippen LogP contribution in [-0.2, 0) is 39.1 Å². The lowest BCUT2D eigenvalue weighted by molar-refractivity contribution is -0.452. The van der Waals surface area contributed by atoms with Crippen LogP contribution in [0.25, 0.3) is 0 Å². The van der Waals surface area contributed by atoms with Gasteiger partial charge >= 0.3 is 24.2 Å². The van der Waals surface area contributed by atoms with Crippen molar-refractivity contribution in [1.29, 1.82) is 0 Å². The van der Waals surface area contributed by atoms with Crippen LogP contribution in [0.1, 0.15) is 110 Å². The van der Waals surface area contributed by atoms with Gasteiger partial charge in [-0.05, 0) is 60.1 Å². The smallest absolute Gasteiger partial charge is 0.432 e. The van der Waals surface area contributed by atoms with Crippen molar-refractivity contribution in [2.45, 2.75) is 78.1 Å². The highest BCUT2D eigenvalue weighted by Gasteiger charge is 2.14. The van der Waals surface area contributed by atoms with E-state index in [1.165, 1.54) is 0 Å². The van der Waals surface area contributed by atoms with Crippen molar-refractivity contribution in [3.05, 3.63) is 70.8 Å². The number of carbonyl (C=O) groups excluding carboxylic acids is 4. The molecule has 230 valence electrons. The molecule has 0 aliphatic carbocycles. The number of hydrogen-bond donors (Lipinski definition) is 0. The van der Waals surface area contributed by atoms with Crippen LogP contribution < -0.4 is 0 Å². The molecule has 0 aliphatic rings. The summed E-state index contributed by atoms with van der Waals surface area (Å²) in [6, 6.07) is 13.6. The summed E-state index contributed by atoms with van der Waals surface area (Å²) in [5.41, 5.74) is 2.63. The van der Waals surface area contributed by atoms with Gasteiger partial charge in [-0.3, -0.25) is 9.78 Å². The third-order valence-electron chi connectivity index (χ3n) is 6.03. The standard InChI is InChI=1S/C30H38O12/c1-21(2)23-11-15-25(16-12-23)27(31)37-41-39-29(33)35-19-9-7-5-6-8-10-20-36-30(34)40-42-38-28(32)26-17-13-24(14-18-26)22(3)4/h11-18,21-22H,5-10,19-20H2,1-4H3. The summed E-state index contributed by atoms with van der Waals surface area (Å²) in [5, 5.41) is 8.40. The van der Waals surface area contributed by atoms with E-state index in [2.05, 4.69) is 29.6 Å². The van der Waals surface area contributed by atoms with Crippen LogP contribution in [-0.4, -0.2) is 37.5 Å². The second kappa shape index (κ2) is 19.1. The Morgan fingerprint density at radius 3 is 1.17 bits per heavy atom. The van der Waals surface area contributed by atoms with Crippen molar-refractivity contribution in [2.75, 3.05) is 13.2 Å². The molecule has 42 heavy (non-hydrogen) atoms. The summed E-state index contributed by atoms with van der Waals surface area (Å²) in [6.07, 6.45) is 2.25. The molecule has 0 heterocycles. The van der Waals surface area contributed by atoms with E-state index < -0.39 is 24.2 Å². The Morgan fingerprint density at radius 1 is 0.500 bits per heavy atom. The maximum atomic E-state index is 11.9. The number of rotatable bonds is 17. The first-order chi connectivity index (χ1) is 20.2. The topological polar surface area (TPSA) is 142 Å². The van der Waals surface area contributed by atoms with Gasteiger partial charge in [-0.25, -0.2) is 29.0 Å². The average Bonchev–Trinajstić information content (AvgIpc) is 2.98. The molecule has 0 fully saturated rings. The van der Waals surface area contributed by atoms with Crippen molar-refractivity contribution in [3.8, 4) is 0 Å². The maximum absolute atomic E-state index is 11.9. The average molecular weight is 591 g/mol. The van der Waals surface area contributed by atoms with Crippen LogP contribution >= 0.6 is 0 Å². The number of benzene rings is 2. The molecule has 0 amide bonds. The summed E-state index contributed by atoms with van der Waals surface area (Å²) < 4.78 is 9.67. The fourth-order valence-corrected chi connectivity index (χ4v) is 3.53. The molecule has 0 unspecified atom stereocenters. The molecule has 0 aromatic heterocycles. The molecule has 2 aromatic rings. The summed E-state index contributed by atoms with van der Waals surface area (Å²) in [4.78, 5) is 64.1. The fourth-order valence-electron chi connectivity index (χ4n) is 3.53. The minimum absolute atomic E-state index is 0.107. The zero-order chi connectivity index (χ0) is 30.7. The molecule has 2 aromatic carbocycles. The number of unbranched alkanes of at least 4 members (excludes halogenated alkanes) is 5. The largest absolute Gasteiger partial charge is 0.543 e. The zero-order valence-electron chi connectivity index (χ0n) is 24.3. The minimum atomic E-state index is -1.12. The van der Waals surface area contributed by atoms with Gasteiger partial charge in [0.15, 0.2) is 0 Å². The maximum Gasteiger partial charge on any atom is 0.543 e. The van der Waals surface area contributed by atoms with E-state index in [9.17, 15) is 19.2 Å². The van der Waals surface area contributed by atoms with Crippen molar-refractivity contribution < 1.29 is 58.3 Å². The number of ether oxygens (including phenoxy) is 2. The Balaban J connectivity index is 1.39. The molecule has 0 spiro atoms. The van der Waals surface area contributed by atoms with E-state index >= 15 is 0 Å². The molecule has 0 bridgehead atoms. The van der Waals surface area contributed by atoms with E-state index in [1.807, 2.05) is 27.7 Å². The highest BCUT2D eigenvalue weighted by Crippen LogP contribution is 2.16.